The molecule has 4 N–H and O–H groups in total. The van der Waals surface area contributed by atoms with E-state index in [0.29, 0.717) is 28.5 Å². The van der Waals surface area contributed by atoms with Crippen molar-refractivity contribution in [2.75, 3.05) is 11.1 Å². The summed E-state index contributed by atoms with van der Waals surface area (Å²) in [4.78, 5) is 29.1. The Morgan fingerprint density at radius 2 is 1.75 bits per heavy atom. The van der Waals surface area contributed by atoms with Crippen molar-refractivity contribution in [2.24, 2.45) is 0 Å². The van der Waals surface area contributed by atoms with E-state index < -0.39 is 6.04 Å². The van der Waals surface area contributed by atoms with Crippen LogP contribution in [0, 0.1) is 0 Å². The monoisotopic (exact) mass is 392 g/mol. The van der Waals surface area contributed by atoms with Crippen molar-refractivity contribution < 1.29 is 9.59 Å². The number of aromatic nitrogens is 1. The number of anilines is 2. The number of hydrogen-bond donors (Lipinski definition) is 3. The van der Waals surface area contributed by atoms with Crippen LogP contribution in [0.3, 0.4) is 0 Å². The van der Waals surface area contributed by atoms with Crippen LogP contribution in [0.15, 0.2) is 60.8 Å². The highest BCUT2D eigenvalue weighted by Crippen LogP contribution is 2.24. The third kappa shape index (κ3) is 3.68. The van der Waals surface area contributed by atoms with Crippen LogP contribution in [0.4, 0.5) is 11.5 Å². The number of nitrogens with zero attached hydrogens (tertiary/aromatic N) is 1. The fourth-order valence-corrected chi connectivity index (χ4v) is 3.30. The van der Waals surface area contributed by atoms with Gasteiger partial charge < -0.3 is 16.4 Å². The molecule has 7 heteroatoms. The fraction of sp³-hybridized carbons (Fsp3) is 0.0952. The number of fused-ring (bicyclic) bond motifs is 1. The van der Waals surface area contributed by atoms with Crippen molar-refractivity contribution in [1.82, 2.24) is 10.3 Å². The Kier molecular flexibility index (Phi) is 4.71. The number of nitrogen functional groups attached to an aromatic ring is 1. The summed E-state index contributed by atoms with van der Waals surface area (Å²) in [5.41, 5.74) is 9.31. The minimum Gasteiger partial charge on any atom is -0.384 e. The average molecular weight is 393 g/mol. The number of benzene rings is 2. The van der Waals surface area contributed by atoms with Crippen LogP contribution >= 0.6 is 11.6 Å². The molecule has 1 atom stereocenters. The third-order valence-electron chi connectivity index (χ3n) is 4.62. The molecule has 0 spiro atoms. The van der Waals surface area contributed by atoms with Gasteiger partial charge in [-0.3, -0.25) is 9.59 Å². The van der Waals surface area contributed by atoms with Crippen molar-refractivity contribution in [3.63, 3.8) is 0 Å². The van der Waals surface area contributed by atoms with E-state index in [-0.39, 0.29) is 11.8 Å². The Morgan fingerprint density at radius 3 is 2.46 bits per heavy atom. The second-order valence-electron chi connectivity index (χ2n) is 6.58. The average Bonchev–Trinajstić information content (AvgIpc) is 2.80. The predicted molar refractivity (Wildman–Crippen MR) is 109 cm³/mol. The van der Waals surface area contributed by atoms with Gasteiger partial charge in [0.2, 0.25) is 5.91 Å². The van der Waals surface area contributed by atoms with Gasteiger partial charge in [0.05, 0.1) is 11.3 Å². The number of nitrogens with one attached hydrogen (secondary N) is 2. The number of halogens is 1. The van der Waals surface area contributed by atoms with Crippen LogP contribution in [0.25, 0.3) is 11.1 Å². The highest BCUT2D eigenvalue weighted by Gasteiger charge is 2.28. The largest absolute Gasteiger partial charge is 0.384 e. The summed E-state index contributed by atoms with van der Waals surface area (Å²) < 4.78 is 0. The molecule has 2 amide bonds. The van der Waals surface area contributed by atoms with Crippen molar-refractivity contribution in [3.05, 3.63) is 76.9 Å². The van der Waals surface area contributed by atoms with Gasteiger partial charge in [0.15, 0.2) is 0 Å². The van der Waals surface area contributed by atoms with E-state index in [1.165, 1.54) is 0 Å². The first-order chi connectivity index (χ1) is 13.5. The van der Waals surface area contributed by atoms with E-state index in [1.807, 2.05) is 30.3 Å². The van der Waals surface area contributed by atoms with Gasteiger partial charge in [0.1, 0.15) is 11.9 Å². The SMILES string of the molecule is Nc1ccc(-c2ccc(CC3NC(=O)c4cc(Cl)ccc4NC3=O)cc2)cn1. The molecule has 6 nitrogen and oxygen atoms in total. The number of rotatable bonds is 3. The van der Waals surface area contributed by atoms with Gasteiger partial charge in [-0.25, -0.2) is 4.98 Å². The maximum absolute atomic E-state index is 12.6. The lowest BCUT2D eigenvalue weighted by molar-refractivity contribution is -0.117. The summed E-state index contributed by atoms with van der Waals surface area (Å²) in [5, 5.41) is 6.01. The number of pyridine rings is 1. The zero-order valence-corrected chi connectivity index (χ0v) is 15.5. The maximum atomic E-state index is 12.6. The lowest BCUT2D eigenvalue weighted by atomic mass is 10.0. The van der Waals surface area contributed by atoms with Crippen molar-refractivity contribution in [2.45, 2.75) is 12.5 Å². The second kappa shape index (κ2) is 7.32. The van der Waals surface area contributed by atoms with Gasteiger partial charge in [0.25, 0.3) is 5.91 Å². The Hall–Kier alpha value is -3.38. The summed E-state index contributed by atoms with van der Waals surface area (Å²) >= 11 is 5.97. The molecule has 0 saturated heterocycles. The minimum atomic E-state index is -0.678. The van der Waals surface area contributed by atoms with Gasteiger partial charge in [-0.2, -0.15) is 0 Å². The summed E-state index contributed by atoms with van der Waals surface area (Å²) in [7, 11) is 0. The molecule has 0 radical (unpaired) electrons. The molecule has 2 heterocycles. The molecule has 1 aliphatic heterocycles. The molecular formula is C21H17ClN4O2. The second-order valence-corrected chi connectivity index (χ2v) is 7.01. The Bertz CT molecular complexity index is 1050. The molecule has 3 aromatic rings. The first-order valence-corrected chi connectivity index (χ1v) is 9.09. The lowest BCUT2D eigenvalue weighted by Gasteiger charge is -2.15. The van der Waals surface area contributed by atoms with E-state index >= 15 is 0 Å². The fourth-order valence-electron chi connectivity index (χ4n) is 3.12. The summed E-state index contributed by atoms with van der Waals surface area (Å²) in [6.07, 6.45) is 2.09. The van der Waals surface area contributed by atoms with Crippen LogP contribution in [0.5, 0.6) is 0 Å². The highest BCUT2D eigenvalue weighted by molar-refractivity contribution is 6.31. The molecule has 0 saturated carbocycles. The standard InChI is InChI=1S/C21H17ClN4O2/c22-15-6-7-17-16(10-15)20(27)26-18(21(28)25-17)9-12-1-3-13(4-2-12)14-5-8-19(23)24-11-14/h1-8,10-11,18H,9H2,(H2,23,24)(H,25,28)(H,26,27). The van der Waals surface area contributed by atoms with E-state index in [1.54, 1.807) is 30.5 Å². The third-order valence-corrected chi connectivity index (χ3v) is 4.85. The summed E-state index contributed by atoms with van der Waals surface area (Å²) in [6.45, 7) is 0. The molecule has 2 aromatic carbocycles. The normalized spacial score (nSPS) is 16.0. The number of amides is 2. The van der Waals surface area contributed by atoms with Gasteiger partial charge in [-0.1, -0.05) is 35.9 Å². The molecule has 1 unspecified atom stereocenters. The van der Waals surface area contributed by atoms with Crippen molar-refractivity contribution in [1.29, 1.82) is 0 Å². The van der Waals surface area contributed by atoms with Crippen LogP contribution < -0.4 is 16.4 Å². The van der Waals surface area contributed by atoms with Crippen LogP contribution in [-0.4, -0.2) is 22.8 Å². The lowest BCUT2D eigenvalue weighted by Crippen LogP contribution is -2.42. The summed E-state index contributed by atoms with van der Waals surface area (Å²) in [5.74, 6) is -0.121. The van der Waals surface area contributed by atoms with E-state index in [4.69, 9.17) is 17.3 Å². The molecular weight excluding hydrogens is 376 g/mol. The first kappa shape index (κ1) is 18.0. The van der Waals surface area contributed by atoms with Crippen LogP contribution in [0.1, 0.15) is 15.9 Å². The number of hydrogen-bond acceptors (Lipinski definition) is 4. The highest BCUT2D eigenvalue weighted by atomic mass is 35.5. The molecule has 140 valence electrons. The molecule has 0 bridgehead atoms. The topological polar surface area (TPSA) is 97.1 Å². The van der Waals surface area contributed by atoms with Crippen LogP contribution in [-0.2, 0) is 11.2 Å². The van der Waals surface area contributed by atoms with Crippen molar-refractivity contribution >= 4 is 34.9 Å². The molecule has 4 rings (SSSR count). The van der Waals surface area contributed by atoms with E-state index in [9.17, 15) is 9.59 Å². The van der Waals surface area contributed by atoms with Gasteiger partial charge in [0, 0.05) is 23.2 Å². The van der Waals surface area contributed by atoms with Crippen LogP contribution in [0.2, 0.25) is 5.02 Å². The quantitative estimate of drug-likeness (QED) is 0.637. The maximum Gasteiger partial charge on any atom is 0.254 e. The number of nitrogens with two attached hydrogens (primary N) is 1. The first-order valence-electron chi connectivity index (χ1n) is 8.72. The van der Waals surface area contributed by atoms with Crippen molar-refractivity contribution in [3.8, 4) is 11.1 Å². The molecule has 1 aliphatic rings. The van der Waals surface area contributed by atoms with E-state index in [2.05, 4.69) is 15.6 Å². The Morgan fingerprint density at radius 1 is 1.00 bits per heavy atom. The van der Waals surface area contributed by atoms with E-state index in [0.717, 1.165) is 16.7 Å². The number of carbonyl (C=O) groups is 2. The molecule has 0 fully saturated rings. The summed E-state index contributed by atoms with van der Waals surface area (Å²) in [6, 6.07) is 15.6. The smallest absolute Gasteiger partial charge is 0.254 e. The number of carbonyl (C=O) groups excluding carboxylic acids is 2. The zero-order chi connectivity index (χ0) is 19.7. The van der Waals surface area contributed by atoms with Gasteiger partial charge in [-0.05, 0) is 41.5 Å². The minimum absolute atomic E-state index is 0.263. The van der Waals surface area contributed by atoms with Gasteiger partial charge >= 0.3 is 0 Å². The predicted octanol–water partition coefficient (Wildman–Crippen LogP) is 3.28. The molecule has 1 aromatic heterocycles. The zero-order valence-electron chi connectivity index (χ0n) is 14.8. The van der Waals surface area contributed by atoms with Gasteiger partial charge in [-0.15, -0.1) is 0 Å². The molecule has 0 aliphatic carbocycles. The Labute approximate surface area is 166 Å². The Balaban J connectivity index is 1.52. The molecule has 28 heavy (non-hydrogen) atoms.